The number of aryl methyl sites for hydroxylation is 1. The summed E-state index contributed by atoms with van der Waals surface area (Å²) in [5.41, 5.74) is 0.937. The zero-order valence-electron chi connectivity index (χ0n) is 11.5. The van der Waals surface area contributed by atoms with E-state index in [1.165, 1.54) is 17.5 Å². The van der Waals surface area contributed by atoms with E-state index < -0.39 is 18.5 Å². The third kappa shape index (κ3) is 3.35. The summed E-state index contributed by atoms with van der Waals surface area (Å²) in [7, 11) is 1.39. The molecule has 3 amide bonds. The maximum absolute atomic E-state index is 11.9. The Morgan fingerprint density at radius 2 is 2.19 bits per heavy atom. The molecule has 0 radical (unpaired) electrons. The minimum absolute atomic E-state index is 0.0290. The first kappa shape index (κ1) is 14.5. The predicted molar refractivity (Wildman–Crippen MR) is 74.3 cm³/mol. The average Bonchev–Trinajstić information content (AvgIpc) is 2.46. The van der Waals surface area contributed by atoms with Crippen LogP contribution in [0.1, 0.15) is 5.56 Å². The Kier molecular flexibility index (Phi) is 4.17. The highest BCUT2D eigenvalue weighted by Crippen LogP contribution is 2.09. The van der Waals surface area contributed by atoms with Crippen LogP contribution in [0.2, 0.25) is 0 Å². The number of hydrogen-bond acceptors (Lipinski definition) is 5. The minimum atomic E-state index is -0.638. The lowest BCUT2D eigenvalue weighted by atomic mass is 10.3. The molecular weight excluding hydrogens is 276 g/mol. The number of nitrogens with one attached hydrogen (secondary N) is 2. The number of rotatable bonds is 3. The summed E-state index contributed by atoms with van der Waals surface area (Å²) in [6.07, 6.45) is 1.60. The van der Waals surface area contributed by atoms with Crippen molar-refractivity contribution in [2.45, 2.75) is 6.92 Å². The van der Waals surface area contributed by atoms with Crippen molar-refractivity contribution >= 4 is 17.6 Å². The fourth-order valence-corrected chi connectivity index (χ4v) is 1.68. The van der Waals surface area contributed by atoms with Crippen molar-refractivity contribution in [1.82, 2.24) is 20.0 Å². The van der Waals surface area contributed by atoms with Crippen LogP contribution in [-0.4, -0.2) is 35.0 Å². The van der Waals surface area contributed by atoms with Gasteiger partial charge in [0.2, 0.25) is 5.88 Å². The quantitative estimate of drug-likeness (QED) is 0.817. The molecule has 0 unspecified atom stereocenters. The van der Waals surface area contributed by atoms with Crippen LogP contribution in [0.4, 0.5) is 4.79 Å². The summed E-state index contributed by atoms with van der Waals surface area (Å²) in [5.74, 6) is -0.609. The van der Waals surface area contributed by atoms with E-state index in [0.717, 1.165) is 5.56 Å². The summed E-state index contributed by atoms with van der Waals surface area (Å²) in [6, 6.07) is 4.10. The zero-order chi connectivity index (χ0) is 15.4. The van der Waals surface area contributed by atoms with Gasteiger partial charge >= 0.3 is 6.03 Å². The van der Waals surface area contributed by atoms with Gasteiger partial charge in [-0.25, -0.2) is 4.79 Å². The van der Waals surface area contributed by atoms with E-state index in [1.54, 1.807) is 12.3 Å². The number of ether oxygens (including phenoxy) is 1. The van der Waals surface area contributed by atoms with Crippen molar-refractivity contribution in [3.8, 4) is 5.88 Å². The smallest absolute Gasteiger partial charge is 0.321 e. The van der Waals surface area contributed by atoms with Crippen LogP contribution in [0.3, 0.4) is 0 Å². The molecule has 0 saturated carbocycles. The van der Waals surface area contributed by atoms with Crippen molar-refractivity contribution in [2.75, 3.05) is 13.7 Å². The molecule has 21 heavy (non-hydrogen) atoms. The lowest BCUT2D eigenvalue weighted by Crippen LogP contribution is -2.40. The third-order valence-corrected chi connectivity index (χ3v) is 2.69. The molecule has 8 nitrogen and oxygen atoms in total. The Morgan fingerprint density at radius 1 is 1.43 bits per heavy atom. The molecule has 0 aromatic carbocycles. The number of fused-ring (bicyclic) bond motifs is 1. The number of imide groups is 1. The van der Waals surface area contributed by atoms with E-state index in [1.807, 2.05) is 18.3 Å². The Morgan fingerprint density at radius 3 is 2.90 bits per heavy atom. The second-order valence-electron chi connectivity index (χ2n) is 4.23. The van der Waals surface area contributed by atoms with Gasteiger partial charge in [-0.1, -0.05) is 6.07 Å². The third-order valence-electron chi connectivity index (χ3n) is 2.69. The van der Waals surface area contributed by atoms with Crippen LogP contribution in [0.15, 0.2) is 29.2 Å². The van der Waals surface area contributed by atoms with Gasteiger partial charge in [-0.15, -0.1) is 0 Å². The van der Waals surface area contributed by atoms with E-state index in [9.17, 15) is 14.4 Å². The van der Waals surface area contributed by atoms with Gasteiger partial charge in [-0.2, -0.15) is 4.98 Å². The predicted octanol–water partition coefficient (Wildman–Crippen LogP) is -0.163. The lowest BCUT2D eigenvalue weighted by Gasteiger charge is -2.08. The van der Waals surface area contributed by atoms with Crippen LogP contribution in [0.25, 0.3) is 5.65 Å². The van der Waals surface area contributed by atoms with Crippen LogP contribution in [0, 0.1) is 6.92 Å². The fourth-order valence-electron chi connectivity index (χ4n) is 1.68. The Balaban J connectivity index is 2.16. The summed E-state index contributed by atoms with van der Waals surface area (Å²) in [4.78, 5) is 38.4. The topological polar surface area (TPSA) is 102 Å². The summed E-state index contributed by atoms with van der Waals surface area (Å²) < 4.78 is 6.52. The highest BCUT2D eigenvalue weighted by molar-refractivity contribution is 5.94. The van der Waals surface area contributed by atoms with Crippen LogP contribution in [0.5, 0.6) is 5.88 Å². The molecule has 0 bridgehead atoms. The molecule has 0 aliphatic rings. The Labute approximate surface area is 119 Å². The van der Waals surface area contributed by atoms with Crippen molar-refractivity contribution in [1.29, 1.82) is 0 Å². The molecule has 2 aromatic rings. The molecule has 0 spiro atoms. The normalized spacial score (nSPS) is 10.2. The Hall–Kier alpha value is -2.90. The largest absolute Gasteiger partial charge is 0.467 e. The maximum Gasteiger partial charge on any atom is 0.321 e. The van der Waals surface area contributed by atoms with Gasteiger partial charge in [0.25, 0.3) is 11.5 Å². The lowest BCUT2D eigenvalue weighted by molar-refractivity contribution is -0.122. The van der Waals surface area contributed by atoms with E-state index in [4.69, 9.17) is 4.74 Å². The van der Waals surface area contributed by atoms with E-state index in [0.29, 0.717) is 5.65 Å². The summed E-state index contributed by atoms with van der Waals surface area (Å²) >= 11 is 0. The molecule has 110 valence electrons. The number of carbonyl (C=O) groups excluding carboxylic acids is 2. The molecule has 0 atom stereocenters. The van der Waals surface area contributed by atoms with Crippen molar-refractivity contribution in [2.24, 2.45) is 0 Å². The van der Waals surface area contributed by atoms with Gasteiger partial charge in [-0.05, 0) is 18.6 Å². The van der Waals surface area contributed by atoms with Gasteiger partial charge in [0.15, 0.2) is 6.61 Å². The molecule has 0 fully saturated rings. The standard InChI is InChI=1S/C13H14N4O4/c1-8-4-3-5-17-11(19)6-10(16-12(8)17)21-7-9(18)15-13(20)14-2/h3-6H,7H2,1-2H3,(H2,14,15,18,20). The monoisotopic (exact) mass is 290 g/mol. The first-order valence-corrected chi connectivity index (χ1v) is 6.14. The fraction of sp³-hybridized carbons (Fsp3) is 0.231. The number of amides is 3. The van der Waals surface area contributed by atoms with Crippen molar-refractivity contribution < 1.29 is 14.3 Å². The minimum Gasteiger partial charge on any atom is -0.467 e. The molecule has 2 N–H and O–H groups in total. The van der Waals surface area contributed by atoms with Crippen molar-refractivity contribution in [3.05, 3.63) is 40.3 Å². The van der Waals surface area contributed by atoms with Crippen molar-refractivity contribution in [3.63, 3.8) is 0 Å². The zero-order valence-corrected chi connectivity index (χ0v) is 11.5. The van der Waals surface area contributed by atoms with E-state index in [-0.39, 0.29) is 11.4 Å². The number of urea groups is 1. The van der Waals surface area contributed by atoms with Gasteiger partial charge in [-0.3, -0.25) is 19.3 Å². The SMILES string of the molecule is CNC(=O)NC(=O)COc1cc(=O)n2cccc(C)c2n1. The maximum atomic E-state index is 11.9. The van der Waals surface area contributed by atoms with Gasteiger partial charge in [0.05, 0.1) is 6.07 Å². The van der Waals surface area contributed by atoms with Gasteiger partial charge < -0.3 is 10.1 Å². The molecule has 0 aliphatic carbocycles. The first-order valence-electron chi connectivity index (χ1n) is 6.14. The number of aromatic nitrogens is 2. The van der Waals surface area contributed by atoms with Gasteiger partial charge in [0.1, 0.15) is 5.65 Å². The van der Waals surface area contributed by atoms with E-state index in [2.05, 4.69) is 10.3 Å². The number of pyridine rings is 1. The molecule has 0 saturated heterocycles. The van der Waals surface area contributed by atoms with Gasteiger partial charge in [0, 0.05) is 13.2 Å². The molecule has 2 heterocycles. The molecule has 0 aliphatic heterocycles. The number of carbonyl (C=O) groups is 2. The number of nitrogens with zero attached hydrogens (tertiary/aromatic N) is 2. The summed E-state index contributed by atoms with van der Waals surface area (Å²) in [6.45, 7) is 1.39. The Bertz CT molecular complexity index is 753. The molecule has 2 aromatic heterocycles. The highest BCUT2D eigenvalue weighted by atomic mass is 16.5. The second kappa shape index (κ2) is 6.04. The average molecular weight is 290 g/mol. The number of hydrogen-bond donors (Lipinski definition) is 2. The van der Waals surface area contributed by atoms with Crippen LogP contribution in [-0.2, 0) is 4.79 Å². The second-order valence-corrected chi connectivity index (χ2v) is 4.23. The molecular formula is C13H14N4O4. The molecule has 8 heteroatoms. The summed E-state index contributed by atoms with van der Waals surface area (Å²) in [5, 5.41) is 4.28. The van der Waals surface area contributed by atoms with Crippen LogP contribution < -0.4 is 20.9 Å². The first-order chi connectivity index (χ1) is 10.0. The molecule has 2 rings (SSSR count). The van der Waals surface area contributed by atoms with Crippen LogP contribution >= 0.6 is 0 Å². The van der Waals surface area contributed by atoms with E-state index >= 15 is 0 Å². The highest BCUT2D eigenvalue weighted by Gasteiger charge is 2.09.